The van der Waals surface area contributed by atoms with Gasteiger partial charge in [0.15, 0.2) is 0 Å². The summed E-state index contributed by atoms with van der Waals surface area (Å²) in [6, 6.07) is 20.8. The molecule has 5 rings (SSSR count). The number of carbonyl (C=O) groups excluding carboxylic acids is 2. The monoisotopic (exact) mass is 442 g/mol. The molecular weight excluding hydrogens is 416 g/mol. The summed E-state index contributed by atoms with van der Waals surface area (Å²) >= 11 is 0. The van der Waals surface area contributed by atoms with E-state index in [-0.39, 0.29) is 29.8 Å². The van der Waals surface area contributed by atoms with E-state index in [4.69, 9.17) is 0 Å². The van der Waals surface area contributed by atoms with E-state index in [9.17, 15) is 14.4 Å². The Balaban J connectivity index is 1.42. The minimum absolute atomic E-state index is 0.00937. The molecule has 2 aliphatic rings. The molecule has 2 N–H and O–H groups in total. The maximum absolute atomic E-state index is 13.4. The van der Waals surface area contributed by atoms with E-state index in [2.05, 4.69) is 27.6 Å². The quantitative estimate of drug-likeness (QED) is 0.614. The molecular formula is C26H26N4O3. The second kappa shape index (κ2) is 8.65. The molecule has 2 atom stereocenters. The first-order valence-corrected chi connectivity index (χ1v) is 11.4. The molecule has 1 saturated heterocycles. The van der Waals surface area contributed by atoms with Crippen LogP contribution in [-0.4, -0.2) is 39.5 Å². The van der Waals surface area contributed by atoms with Gasteiger partial charge in [-0.05, 0) is 42.5 Å². The number of nitrogens with one attached hydrogen (secondary N) is 2. The SMILES string of the molecule is O=C(CCc1ccc(=O)[nH]n1)N1CC[C@]2(C(=O)Nc3ccccc32)[C@@H]1CCc1ccccc1. The average Bonchev–Trinajstić information content (AvgIpc) is 3.36. The number of para-hydroxylation sites is 1. The molecule has 168 valence electrons. The number of rotatable bonds is 6. The van der Waals surface area contributed by atoms with E-state index in [1.807, 2.05) is 47.4 Å². The van der Waals surface area contributed by atoms with Crippen LogP contribution in [0, 0.1) is 0 Å². The fraction of sp³-hybridized carbons (Fsp3) is 0.308. The van der Waals surface area contributed by atoms with E-state index >= 15 is 0 Å². The zero-order chi connectivity index (χ0) is 22.8. The first-order valence-electron chi connectivity index (χ1n) is 11.4. The summed E-state index contributed by atoms with van der Waals surface area (Å²) in [5, 5.41) is 9.49. The van der Waals surface area contributed by atoms with Crippen molar-refractivity contribution in [3.63, 3.8) is 0 Å². The number of aromatic nitrogens is 2. The largest absolute Gasteiger partial charge is 0.338 e. The van der Waals surface area contributed by atoms with Crippen LogP contribution in [0.1, 0.15) is 36.1 Å². The summed E-state index contributed by atoms with van der Waals surface area (Å²) in [6.45, 7) is 0.541. The highest BCUT2D eigenvalue weighted by molar-refractivity contribution is 6.07. The van der Waals surface area contributed by atoms with Crippen LogP contribution in [0.15, 0.2) is 71.5 Å². The molecule has 2 aliphatic heterocycles. The maximum Gasteiger partial charge on any atom is 0.264 e. The minimum Gasteiger partial charge on any atom is -0.338 e. The van der Waals surface area contributed by atoms with Crippen LogP contribution in [0.3, 0.4) is 0 Å². The molecule has 33 heavy (non-hydrogen) atoms. The average molecular weight is 443 g/mol. The van der Waals surface area contributed by atoms with Gasteiger partial charge in [-0.1, -0.05) is 48.5 Å². The van der Waals surface area contributed by atoms with E-state index in [0.29, 0.717) is 31.5 Å². The van der Waals surface area contributed by atoms with Crippen LogP contribution in [0.4, 0.5) is 5.69 Å². The van der Waals surface area contributed by atoms with Crippen LogP contribution < -0.4 is 10.9 Å². The number of amides is 2. The first-order chi connectivity index (χ1) is 16.1. The molecule has 0 saturated carbocycles. The summed E-state index contributed by atoms with van der Waals surface area (Å²) in [5.41, 5.74) is 2.71. The van der Waals surface area contributed by atoms with Gasteiger partial charge in [-0.25, -0.2) is 5.10 Å². The summed E-state index contributed by atoms with van der Waals surface area (Å²) in [5.74, 6) is -0.00511. The molecule has 1 fully saturated rings. The van der Waals surface area contributed by atoms with Gasteiger partial charge in [0.05, 0.1) is 17.2 Å². The van der Waals surface area contributed by atoms with Gasteiger partial charge in [-0.3, -0.25) is 14.4 Å². The van der Waals surface area contributed by atoms with Gasteiger partial charge in [0.1, 0.15) is 0 Å². The van der Waals surface area contributed by atoms with Gasteiger partial charge in [0.2, 0.25) is 11.8 Å². The van der Waals surface area contributed by atoms with Crippen molar-refractivity contribution in [1.82, 2.24) is 15.1 Å². The van der Waals surface area contributed by atoms with Crippen molar-refractivity contribution in [2.75, 3.05) is 11.9 Å². The zero-order valence-corrected chi connectivity index (χ0v) is 18.3. The highest BCUT2D eigenvalue weighted by Crippen LogP contribution is 2.49. The molecule has 3 heterocycles. The van der Waals surface area contributed by atoms with Crippen molar-refractivity contribution in [2.24, 2.45) is 0 Å². The van der Waals surface area contributed by atoms with E-state index < -0.39 is 5.41 Å². The van der Waals surface area contributed by atoms with Crippen LogP contribution in [-0.2, 0) is 27.8 Å². The fourth-order valence-electron chi connectivity index (χ4n) is 5.34. The third kappa shape index (κ3) is 3.84. The Bertz CT molecular complexity index is 1220. The lowest BCUT2D eigenvalue weighted by Crippen LogP contribution is -2.49. The highest BCUT2D eigenvalue weighted by atomic mass is 16.2. The summed E-state index contributed by atoms with van der Waals surface area (Å²) < 4.78 is 0. The smallest absolute Gasteiger partial charge is 0.264 e. The van der Waals surface area contributed by atoms with Crippen molar-refractivity contribution in [1.29, 1.82) is 0 Å². The standard InChI is InChI=1S/C26H26N4O3/c31-23-14-11-19(28-29-23)12-15-24(32)30-17-16-26(20-8-4-5-9-21(20)27-25(26)33)22(30)13-10-18-6-2-1-3-7-18/h1-9,11,14,22H,10,12-13,15-17H2,(H,27,33)(H,29,31)/t22-,26+/m0/s1. The number of H-pyrrole nitrogens is 1. The number of nitrogens with zero attached hydrogens (tertiary/aromatic N) is 2. The summed E-state index contributed by atoms with van der Waals surface area (Å²) in [4.78, 5) is 39.9. The minimum atomic E-state index is -0.725. The van der Waals surface area contributed by atoms with Gasteiger partial charge in [-0.15, -0.1) is 0 Å². The maximum atomic E-state index is 13.4. The highest BCUT2D eigenvalue weighted by Gasteiger charge is 2.58. The Kier molecular flexibility index (Phi) is 5.54. The molecule has 0 aliphatic carbocycles. The lowest BCUT2D eigenvalue weighted by atomic mass is 9.73. The predicted molar refractivity (Wildman–Crippen MR) is 125 cm³/mol. The number of carbonyl (C=O) groups is 2. The molecule has 0 radical (unpaired) electrons. The van der Waals surface area contributed by atoms with E-state index in [1.54, 1.807) is 6.07 Å². The molecule has 0 bridgehead atoms. The number of likely N-dealkylation sites (tertiary alicyclic amines) is 1. The summed E-state index contributed by atoms with van der Waals surface area (Å²) in [7, 11) is 0. The number of fused-ring (bicyclic) bond motifs is 2. The van der Waals surface area contributed by atoms with Crippen molar-refractivity contribution < 1.29 is 9.59 Å². The van der Waals surface area contributed by atoms with Crippen molar-refractivity contribution in [3.05, 3.63) is 93.9 Å². The first kappa shape index (κ1) is 21.1. The number of benzene rings is 2. The topological polar surface area (TPSA) is 95.2 Å². The number of aryl methyl sites for hydroxylation is 2. The van der Waals surface area contributed by atoms with Crippen molar-refractivity contribution >= 4 is 17.5 Å². The molecule has 2 aromatic carbocycles. The number of anilines is 1. The molecule has 2 amide bonds. The predicted octanol–water partition coefficient (Wildman–Crippen LogP) is 2.83. The van der Waals surface area contributed by atoms with Crippen molar-refractivity contribution in [3.8, 4) is 0 Å². The van der Waals surface area contributed by atoms with Gasteiger partial charge in [0.25, 0.3) is 5.56 Å². The summed E-state index contributed by atoms with van der Waals surface area (Å²) in [6.07, 6.45) is 2.81. The zero-order valence-electron chi connectivity index (χ0n) is 18.3. The lowest BCUT2D eigenvalue weighted by molar-refractivity contribution is -0.133. The van der Waals surface area contributed by atoms with E-state index in [0.717, 1.165) is 17.7 Å². The molecule has 3 aromatic rings. The van der Waals surface area contributed by atoms with Gasteiger partial charge < -0.3 is 10.2 Å². The van der Waals surface area contributed by atoms with Crippen molar-refractivity contribution in [2.45, 2.75) is 43.6 Å². The normalized spacial score (nSPS) is 21.3. The number of hydrogen-bond acceptors (Lipinski definition) is 4. The Hall–Kier alpha value is -3.74. The lowest BCUT2D eigenvalue weighted by Gasteiger charge is -2.34. The third-order valence-corrected chi connectivity index (χ3v) is 6.95. The second-order valence-corrected chi connectivity index (χ2v) is 8.76. The Morgan fingerprint density at radius 2 is 1.79 bits per heavy atom. The van der Waals surface area contributed by atoms with Gasteiger partial charge >= 0.3 is 0 Å². The Morgan fingerprint density at radius 3 is 2.58 bits per heavy atom. The fourth-order valence-corrected chi connectivity index (χ4v) is 5.34. The second-order valence-electron chi connectivity index (χ2n) is 8.76. The Morgan fingerprint density at radius 1 is 1.00 bits per heavy atom. The van der Waals surface area contributed by atoms with Crippen LogP contribution >= 0.6 is 0 Å². The molecule has 1 spiro atoms. The van der Waals surface area contributed by atoms with E-state index in [1.165, 1.54) is 11.6 Å². The molecule has 7 heteroatoms. The van der Waals surface area contributed by atoms with Crippen LogP contribution in [0.5, 0.6) is 0 Å². The van der Waals surface area contributed by atoms with Gasteiger partial charge in [0, 0.05) is 31.1 Å². The Labute approximate surface area is 191 Å². The van der Waals surface area contributed by atoms with Crippen LogP contribution in [0.25, 0.3) is 0 Å². The number of hydrogen-bond donors (Lipinski definition) is 2. The third-order valence-electron chi connectivity index (χ3n) is 6.95. The van der Waals surface area contributed by atoms with Gasteiger partial charge in [-0.2, -0.15) is 5.10 Å². The molecule has 7 nitrogen and oxygen atoms in total. The molecule has 1 aromatic heterocycles. The molecule has 0 unspecified atom stereocenters. The van der Waals surface area contributed by atoms with Crippen LogP contribution in [0.2, 0.25) is 0 Å². The number of aromatic amines is 1.